The average molecular weight is 524 g/mol. The van der Waals surface area contributed by atoms with Crippen molar-refractivity contribution in [3.05, 3.63) is 65.5 Å². The van der Waals surface area contributed by atoms with Crippen molar-refractivity contribution in [1.82, 2.24) is 35.2 Å². The summed E-state index contributed by atoms with van der Waals surface area (Å²) in [6.45, 7) is 4.99. The molecule has 0 unspecified atom stereocenters. The molecule has 0 spiro atoms. The van der Waals surface area contributed by atoms with E-state index in [1.165, 1.54) is 5.56 Å². The molecule has 0 aliphatic carbocycles. The van der Waals surface area contributed by atoms with E-state index in [1.54, 1.807) is 13.3 Å². The van der Waals surface area contributed by atoms with E-state index in [9.17, 15) is 0 Å². The van der Waals surface area contributed by atoms with Gasteiger partial charge in [0.2, 0.25) is 0 Å². The van der Waals surface area contributed by atoms with Gasteiger partial charge < -0.3 is 19.9 Å². The molecule has 0 aliphatic rings. The topological polar surface area (TPSA) is 94.2 Å². The van der Waals surface area contributed by atoms with E-state index in [0.717, 1.165) is 23.8 Å². The van der Waals surface area contributed by atoms with Crippen molar-refractivity contribution < 1.29 is 4.74 Å². The Morgan fingerprint density at radius 3 is 2.60 bits per heavy atom. The average Bonchev–Trinajstić information content (AvgIpc) is 3.35. The first-order chi connectivity index (χ1) is 14.2. The Labute approximate surface area is 194 Å². The normalized spacial score (nSPS) is 11.2. The Balaban J connectivity index is 0.00000320. The number of hydrogen-bond donors (Lipinski definition) is 2. The number of hydrogen-bond acceptors (Lipinski definition) is 5. The van der Waals surface area contributed by atoms with Gasteiger partial charge in [-0.25, -0.2) is 4.99 Å². The van der Waals surface area contributed by atoms with Gasteiger partial charge in [-0.3, -0.25) is 4.68 Å². The van der Waals surface area contributed by atoms with Crippen LogP contribution in [0.1, 0.15) is 22.8 Å². The van der Waals surface area contributed by atoms with Gasteiger partial charge in [-0.2, -0.15) is 5.10 Å². The maximum Gasteiger partial charge on any atom is 0.192 e. The standard InChI is InChI=1S/C20H28N8O.HI/c1-16-25-26-19(27(16)2)14-23-20(21-10-12-29-3)22-13-17-7-4-5-8-18(17)15-28-11-6-9-24-28;/h4-9,11H,10,12-15H2,1-3H3,(H2,21,22,23);1H. The summed E-state index contributed by atoms with van der Waals surface area (Å²) in [5.74, 6) is 2.43. The third-order valence-corrected chi connectivity index (χ3v) is 4.61. The number of nitrogens with zero attached hydrogens (tertiary/aromatic N) is 6. The molecule has 0 fully saturated rings. The number of guanidine groups is 1. The van der Waals surface area contributed by atoms with Crippen LogP contribution in [-0.2, 0) is 31.4 Å². The highest BCUT2D eigenvalue weighted by molar-refractivity contribution is 14.0. The predicted molar refractivity (Wildman–Crippen MR) is 127 cm³/mol. The van der Waals surface area contributed by atoms with Crippen LogP contribution in [0.5, 0.6) is 0 Å². The minimum Gasteiger partial charge on any atom is -0.383 e. The predicted octanol–water partition coefficient (Wildman–Crippen LogP) is 1.87. The van der Waals surface area contributed by atoms with Gasteiger partial charge >= 0.3 is 0 Å². The summed E-state index contributed by atoms with van der Waals surface area (Å²) in [5.41, 5.74) is 2.35. The first kappa shape index (κ1) is 23.8. The van der Waals surface area contributed by atoms with Crippen molar-refractivity contribution in [2.75, 3.05) is 20.3 Å². The van der Waals surface area contributed by atoms with Gasteiger partial charge in [0.25, 0.3) is 0 Å². The van der Waals surface area contributed by atoms with E-state index in [0.29, 0.717) is 32.2 Å². The molecule has 9 nitrogen and oxygen atoms in total. The number of benzene rings is 1. The molecule has 162 valence electrons. The van der Waals surface area contributed by atoms with Crippen LogP contribution in [0.3, 0.4) is 0 Å². The summed E-state index contributed by atoms with van der Waals surface area (Å²) in [4.78, 5) is 4.76. The Morgan fingerprint density at radius 2 is 1.93 bits per heavy atom. The zero-order valence-corrected chi connectivity index (χ0v) is 19.9. The molecule has 0 bridgehead atoms. The lowest BCUT2D eigenvalue weighted by molar-refractivity contribution is 0.203. The molecule has 0 amide bonds. The largest absolute Gasteiger partial charge is 0.383 e. The van der Waals surface area contributed by atoms with E-state index in [2.05, 4.69) is 38.1 Å². The second kappa shape index (κ2) is 12.3. The Morgan fingerprint density at radius 1 is 1.13 bits per heavy atom. The molecule has 2 N–H and O–H groups in total. The fraction of sp³-hybridized carbons (Fsp3) is 0.400. The highest BCUT2D eigenvalue weighted by Crippen LogP contribution is 2.11. The molecule has 3 rings (SSSR count). The first-order valence-electron chi connectivity index (χ1n) is 9.57. The number of ether oxygens (including phenoxy) is 1. The van der Waals surface area contributed by atoms with Crippen molar-refractivity contribution in [2.24, 2.45) is 12.0 Å². The molecule has 2 aromatic heterocycles. The zero-order chi connectivity index (χ0) is 20.5. The number of methoxy groups -OCH3 is 1. The fourth-order valence-electron chi connectivity index (χ4n) is 2.81. The number of nitrogens with one attached hydrogen (secondary N) is 2. The lowest BCUT2D eigenvalue weighted by Crippen LogP contribution is -2.39. The molecule has 3 aromatic rings. The number of aryl methyl sites for hydroxylation is 1. The molecule has 0 radical (unpaired) electrons. The molecule has 0 atom stereocenters. The third kappa shape index (κ3) is 6.80. The van der Waals surface area contributed by atoms with E-state index >= 15 is 0 Å². The number of aliphatic imine (C=N–C) groups is 1. The van der Waals surface area contributed by atoms with Crippen molar-refractivity contribution in [1.29, 1.82) is 0 Å². The molecule has 0 saturated heterocycles. The van der Waals surface area contributed by atoms with E-state index in [4.69, 9.17) is 9.73 Å². The van der Waals surface area contributed by atoms with Gasteiger partial charge in [0.1, 0.15) is 5.82 Å². The van der Waals surface area contributed by atoms with Crippen LogP contribution < -0.4 is 10.6 Å². The van der Waals surface area contributed by atoms with Crippen LogP contribution in [0.25, 0.3) is 0 Å². The SMILES string of the molecule is COCCNC(=NCc1ccccc1Cn1cccn1)NCc1nnc(C)n1C.I. The zero-order valence-electron chi connectivity index (χ0n) is 17.6. The Bertz CT molecular complexity index is 923. The van der Waals surface area contributed by atoms with Gasteiger partial charge in [-0.15, -0.1) is 34.2 Å². The second-order valence-corrected chi connectivity index (χ2v) is 6.63. The van der Waals surface area contributed by atoms with Gasteiger partial charge in [-0.1, -0.05) is 24.3 Å². The van der Waals surface area contributed by atoms with Crippen LogP contribution in [0.2, 0.25) is 0 Å². The first-order valence-corrected chi connectivity index (χ1v) is 9.57. The fourth-order valence-corrected chi connectivity index (χ4v) is 2.81. The Hall–Kier alpha value is -2.47. The highest BCUT2D eigenvalue weighted by atomic mass is 127. The van der Waals surface area contributed by atoms with Crippen LogP contribution >= 0.6 is 24.0 Å². The molecular formula is C20H29IN8O. The van der Waals surface area contributed by atoms with Crippen LogP contribution in [0.15, 0.2) is 47.7 Å². The van der Waals surface area contributed by atoms with E-state index in [1.807, 2.05) is 47.6 Å². The summed E-state index contributed by atoms with van der Waals surface area (Å²) in [7, 11) is 3.63. The molecule has 0 aliphatic heterocycles. The smallest absolute Gasteiger partial charge is 0.192 e. The van der Waals surface area contributed by atoms with Crippen LogP contribution in [0, 0.1) is 6.92 Å². The summed E-state index contributed by atoms with van der Waals surface area (Å²) in [6.07, 6.45) is 3.75. The molecular weight excluding hydrogens is 495 g/mol. The van der Waals surface area contributed by atoms with E-state index < -0.39 is 0 Å². The van der Waals surface area contributed by atoms with Gasteiger partial charge in [-0.05, 0) is 24.1 Å². The highest BCUT2D eigenvalue weighted by Gasteiger charge is 2.07. The summed E-state index contributed by atoms with van der Waals surface area (Å²) in [6, 6.07) is 10.2. The van der Waals surface area contributed by atoms with Crippen LogP contribution in [0.4, 0.5) is 0 Å². The summed E-state index contributed by atoms with van der Waals surface area (Å²) < 4.78 is 9.01. The van der Waals surface area contributed by atoms with Crippen molar-refractivity contribution >= 4 is 29.9 Å². The van der Waals surface area contributed by atoms with Crippen molar-refractivity contribution in [3.63, 3.8) is 0 Å². The number of rotatable bonds is 9. The number of halogens is 1. The summed E-state index contributed by atoms with van der Waals surface area (Å²) >= 11 is 0. The maximum atomic E-state index is 5.14. The number of aromatic nitrogens is 5. The molecule has 1 aromatic carbocycles. The second-order valence-electron chi connectivity index (χ2n) is 6.63. The van der Waals surface area contributed by atoms with Gasteiger partial charge in [0, 0.05) is 33.1 Å². The molecule has 2 heterocycles. The van der Waals surface area contributed by atoms with E-state index in [-0.39, 0.29) is 24.0 Å². The lowest BCUT2D eigenvalue weighted by atomic mass is 10.1. The Kier molecular flexibility index (Phi) is 9.74. The van der Waals surface area contributed by atoms with Gasteiger partial charge in [0.15, 0.2) is 11.8 Å². The van der Waals surface area contributed by atoms with Crippen LogP contribution in [-0.4, -0.2) is 50.8 Å². The maximum absolute atomic E-state index is 5.14. The lowest BCUT2D eigenvalue weighted by Gasteiger charge is -2.13. The molecule has 0 saturated carbocycles. The third-order valence-electron chi connectivity index (χ3n) is 4.61. The quantitative estimate of drug-likeness (QED) is 0.192. The minimum absolute atomic E-state index is 0. The van der Waals surface area contributed by atoms with Crippen molar-refractivity contribution in [3.8, 4) is 0 Å². The van der Waals surface area contributed by atoms with Crippen molar-refractivity contribution in [2.45, 2.75) is 26.6 Å². The minimum atomic E-state index is 0. The molecule has 10 heteroatoms. The summed E-state index contributed by atoms with van der Waals surface area (Å²) in [5, 5.41) is 19.2. The molecule has 30 heavy (non-hydrogen) atoms. The van der Waals surface area contributed by atoms with Gasteiger partial charge in [0.05, 0.1) is 26.2 Å². The monoisotopic (exact) mass is 524 g/mol.